The van der Waals surface area contributed by atoms with Gasteiger partial charge in [-0.2, -0.15) is 0 Å². The van der Waals surface area contributed by atoms with Crippen molar-refractivity contribution in [2.24, 2.45) is 5.92 Å². The molecule has 0 spiro atoms. The van der Waals surface area contributed by atoms with E-state index in [0.717, 1.165) is 24.9 Å². The van der Waals surface area contributed by atoms with Crippen molar-refractivity contribution in [3.63, 3.8) is 0 Å². The Labute approximate surface area is 121 Å². The van der Waals surface area contributed by atoms with Crippen LogP contribution in [0.4, 0.5) is 0 Å². The van der Waals surface area contributed by atoms with Crippen molar-refractivity contribution in [3.8, 4) is 0 Å². The van der Waals surface area contributed by atoms with Gasteiger partial charge in [0, 0.05) is 18.8 Å². The Morgan fingerprint density at radius 1 is 1.40 bits per heavy atom. The van der Waals surface area contributed by atoms with Crippen LogP contribution in [-0.4, -0.2) is 43.9 Å². The second-order valence-corrected chi connectivity index (χ2v) is 7.87. The zero-order valence-corrected chi connectivity index (χ0v) is 12.9. The van der Waals surface area contributed by atoms with E-state index in [1.165, 1.54) is 6.26 Å². The molecule has 0 bridgehead atoms. The third kappa shape index (κ3) is 3.81. The van der Waals surface area contributed by atoms with Gasteiger partial charge in [0.1, 0.15) is 0 Å². The predicted octanol–water partition coefficient (Wildman–Crippen LogP) is 1.68. The van der Waals surface area contributed by atoms with E-state index in [0.29, 0.717) is 17.4 Å². The third-order valence-electron chi connectivity index (χ3n) is 4.02. The van der Waals surface area contributed by atoms with Crippen LogP contribution in [0.1, 0.15) is 25.3 Å². The molecular formula is C15H23NO3S. The summed E-state index contributed by atoms with van der Waals surface area (Å²) in [5.41, 5.74) is 0.987. The monoisotopic (exact) mass is 297 g/mol. The molecule has 0 aliphatic carbocycles. The zero-order chi connectivity index (χ0) is 14.8. The normalized spacial score (nSPS) is 24.8. The number of nitrogens with zero attached hydrogens (tertiary/aromatic N) is 1. The Morgan fingerprint density at radius 3 is 2.80 bits per heavy atom. The van der Waals surface area contributed by atoms with E-state index in [1.54, 1.807) is 18.2 Å². The highest BCUT2D eigenvalue weighted by atomic mass is 32.2. The van der Waals surface area contributed by atoms with Gasteiger partial charge in [-0.3, -0.25) is 4.90 Å². The van der Waals surface area contributed by atoms with Crippen molar-refractivity contribution >= 4 is 9.84 Å². The Kier molecular flexibility index (Phi) is 4.83. The summed E-state index contributed by atoms with van der Waals surface area (Å²) >= 11 is 0. The van der Waals surface area contributed by atoms with Crippen LogP contribution in [0.3, 0.4) is 0 Å². The van der Waals surface area contributed by atoms with E-state index in [4.69, 9.17) is 0 Å². The van der Waals surface area contributed by atoms with E-state index < -0.39 is 9.84 Å². The number of rotatable bonds is 4. The Hall–Kier alpha value is -0.910. The first kappa shape index (κ1) is 15.5. The summed E-state index contributed by atoms with van der Waals surface area (Å²) in [6.07, 6.45) is 3.36. The van der Waals surface area contributed by atoms with E-state index in [2.05, 4.69) is 11.8 Å². The van der Waals surface area contributed by atoms with Crippen molar-refractivity contribution in [1.29, 1.82) is 0 Å². The molecule has 5 heteroatoms. The molecule has 1 saturated heterocycles. The summed E-state index contributed by atoms with van der Waals surface area (Å²) < 4.78 is 23.2. The number of hydrogen-bond acceptors (Lipinski definition) is 4. The van der Waals surface area contributed by atoms with E-state index in [1.807, 2.05) is 6.07 Å². The van der Waals surface area contributed by atoms with Crippen LogP contribution in [0.5, 0.6) is 0 Å². The molecule has 20 heavy (non-hydrogen) atoms. The van der Waals surface area contributed by atoms with E-state index in [9.17, 15) is 13.5 Å². The standard InChI is InChI=1S/C15H23NO3S/c1-12-6-7-16(14(8-12)11-17)10-13-4-3-5-15(9-13)20(2,18)19/h3-5,9,12,14,17H,6-8,10-11H2,1-2H3/t12-,14+/m1/s1. The summed E-state index contributed by atoms with van der Waals surface area (Å²) in [5, 5.41) is 9.50. The summed E-state index contributed by atoms with van der Waals surface area (Å²) in [7, 11) is -3.16. The molecular weight excluding hydrogens is 274 g/mol. The minimum Gasteiger partial charge on any atom is -0.395 e. The molecule has 112 valence electrons. The molecule has 4 nitrogen and oxygen atoms in total. The fourth-order valence-electron chi connectivity index (χ4n) is 2.81. The van der Waals surface area contributed by atoms with Crippen LogP contribution >= 0.6 is 0 Å². The molecule has 1 heterocycles. The summed E-state index contributed by atoms with van der Waals surface area (Å²) in [6.45, 7) is 4.02. The van der Waals surface area contributed by atoms with Gasteiger partial charge in [0.05, 0.1) is 11.5 Å². The largest absolute Gasteiger partial charge is 0.395 e. The number of aliphatic hydroxyl groups is 1. The van der Waals surface area contributed by atoms with Gasteiger partial charge in [-0.1, -0.05) is 19.1 Å². The van der Waals surface area contributed by atoms with Crippen LogP contribution in [0.2, 0.25) is 0 Å². The highest BCUT2D eigenvalue weighted by Crippen LogP contribution is 2.24. The van der Waals surface area contributed by atoms with Gasteiger partial charge in [0.2, 0.25) is 0 Å². The number of likely N-dealkylation sites (tertiary alicyclic amines) is 1. The topological polar surface area (TPSA) is 57.6 Å². The van der Waals surface area contributed by atoms with Crippen molar-refractivity contribution in [3.05, 3.63) is 29.8 Å². The maximum atomic E-state index is 11.6. The number of benzene rings is 1. The minimum absolute atomic E-state index is 0.163. The van der Waals surface area contributed by atoms with Crippen LogP contribution in [0, 0.1) is 5.92 Å². The Morgan fingerprint density at radius 2 is 2.15 bits per heavy atom. The maximum absolute atomic E-state index is 11.6. The minimum atomic E-state index is -3.16. The lowest BCUT2D eigenvalue weighted by Gasteiger charge is -2.37. The van der Waals surface area contributed by atoms with Crippen LogP contribution in [0.15, 0.2) is 29.2 Å². The SMILES string of the molecule is C[C@@H]1CCN(Cc2cccc(S(C)(=O)=O)c2)[C@H](CO)C1. The van der Waals surface area contributed by atoms with Crippen molar-refractivity contribution in [1.82, 2.24) is 4.90 Å². The van der Waals surface area contributed by atoms with E-state index in [-0.39, 0.29) is 12.6 Å². The summed E-state index contributed by atoms with van der Waals surface area (Å²) in [5.74, 6) is 0.644. The molecule has 0 radical (unpaired) electrons. The van der Waals surface area contributed by atoms with Gasteiger partial charge in [-0.25, -0.2) is 8.42 Å². The molecule has 0 amide bonds. The maximum Gasteiger partial charge on any atom is 0.175 e. The summed E-state index contributed by atoms with van der Waals surface area (Å²) in [4.78, 5) is 2.61. The molecule has 0 aromatic heterocycles. The molecule has 2 rings (SSSR count). The first-order chi connectivity index (χ1) is 9.40. The number of aliphatic hydroxyl groups excluding tert-OH is 1. The van der Waals surface area contributed by atoms with Gasteiger partial charge in [-0.05, 0) is 43.0 Å². The average Bonchev–Trinajstić information content (AvgIpc) is 2.40. The second kappa shape index (κ2) is 6.24. The number of piperidine rings is 1. The molecule has 1 fully saturated rings. The number of sulfone groups is 1. The van der Waals surface area contributed by atoms with Gasteiger partial charge < -0.3 is 5.11 Å². The quantitative estimate of drug-likeness (QED) is 0.918. The highest BCUT2D eigenvalue weighted by Gasteiger charge is 2.25. The van der Waals surface area contributed by atoms with Gasteiger partial charge in [0.15, 0.2) is 9.84 Å². The molecule has 1 aliphatic heterocycles. The second-order valence-electron chi connectivity index (χ2n) is 5.86. The van der Waals surface area contributed by atoms with Crippen LogP contribution < -0.4 is 0 Å². The van der Waals surface area contributed by atoms with Crippen molar-refractivity contribution in [2.45, 2.75) is 37.2 Å². The predicted molar refractivity (Wildman–Crippen MR) is 79.2 cm³/mol. The van der Waals surface area contributed by atoms with Crippen LogP contribution in [-0.2, 0) is 16.4 Å². The first-order valence-electron chi connectivity index (χ1n) is 7.04. The fraction of sp³-hybridized carbons (Fsp3) is 0.600. The molecule has 2 atom stereocenters. The van der Waals surface area contributed by atoms with E-state index >= 15 is 0 Å². The fourth-order valence-corrected chi connectivity index (χ4v) is 3.50. The highest BCUT2D eigenvalue weighted by molar-refractivity contribution is 7.90. The molecule has 1 aromatic rings. The zero-order valence-electron chi connectivity index (χ0n) is 12.1. The number of hydrogen-bond donors (Lipinski definition) is 1. The lowest BCUT2D eigenvalue weighted by molar-refractivity contribution is 0.0633. The third-order valence-corrected chi connectivity index (χ3v) is 5.13. The molecule has 1 aromatic carbocycles. The summed E-state index contributed by atoms with van der Waals surface area (Å²) in [6, 6.07) is 7.27. The Bertz CT molecular complexity index is 556. The van der Waals surface area contributed by atoms with Gasteiger partial charge in [0.25, 0.3) is 0 Å². The van der Waals surface area contributed by atoms with Gasteiger partial charge in [-0.15, -0.1) is 0 Å². The van der Waals surface area contributed by atoms with Crippen LogP contribution in [0.25, 0.3) is 0 Å². The molecule has 1 N–H and O–H groups in total. The lowest BCUT2D eigenvalue weighted by atomic mass is 9.92. The smallest absolute Gasteiger partial charge is 0.175 e. The first-order valence-corrected chi connectivity index (χ1v) is 8.93. The van der Waals surface area contributed by atoms with Crippen molar-refractivity contribution < 1.29 is 13.5 Å². The van der Waals surface area contributed by atoms with Gasteiger partial charge >= 0.3 is 0 Å². The molecule has 0 saturated carbocycles. The van der Waals surface area contributed by atoms with Crippen molar-refractivity contribution in [2.75, 3.05) is 19.4 Å². The molecule has 1 aliphatic rings. The average molecular weight is 297 g/mol. The lowest BCUT2D eigenvalue weighted by Crippen LogP contribution is -2.43. The Balaban J connectivity index is 2.13. The molecule has 0 unspecified atom stereocenters.